The number of benzene rings is 2. The van der Waals surface area contributed by atoms with E-state index >= 15 is 4.39 Å². The Morgan fingerprint density at radius 1 is 1.25 bits per heavy atom. The molecule has 1 aliphatic heterocycles. The number of ether oxygens (including phenoxy) is 1. The van der Waals surface area contributed by atoms with E-state index in [-0.39, 0.29) is 17.9 Å². The topological polar surface area (TPSA) is 62.7 Å². The van der Waals surface area contributed by atoms with Gasteiger partial charge >= 0.3 is 5.97 Å². The molecule has 36 heavy (non-hydrogen) atoms. The van der Waals surface area contributed by atoms with Crippen LogP contribution in [0.3, 0.4) is 0 Å². The molecule has 2 heterocycles. The summed E-state index contributed by atoms with van der Waals surface area (Å²) in [5.74, 6) is 0.706. The average Bonchev–Trinajstić information content (AvgIpc) is 2.88. The van der Waals surface area contributed by atoms with Crippen LogP contribution in [0.2, 0.25) is 5.02 Å². The molecule has 1 saturated heterocycles. The van der Waals surface area contributed by atoms with Crippen molar-refractivity contribution < 1.29 is 19.0 Å². The maximum Gasteiger partial charge on any atom is 0.309 e. The second-order valence-corrected chi connectivity index (χ2v) is 11.1. The minimum absolute atomic E-state index is 0.0889. The van der Waals surface area contributed by atoms with Gasteiger partial charge in [-0.15, -0.1) is 11.8 Å². The Balaban J connectivity index is 1.37. The van der Waals surface area contributed by atoms with Crippen LogP contribution in [0.4, 0.5) is 4.39 Å². The third-order valence-corrected chi connectivity index (χ3v) is 8.52. The lowest BCUT2D eigenvalue weighted by molar-refractivity contribution is -0.153. The molecule has 1 N–H and O–H groups in total. The molecule has 8 heteroatoms. The second kappa shape index (κ2) is 11.8. The van der Waals surface area contributed by atoms with Crippen molar-refractivity contribution in [3.8, 4) is 5.75 Å². The number of halogens is 2. The normalized spacial score (nSPS) is 16.7. The molecule has 0 unspecified atom stereocenters. The quantitative estimate of drug-likeness (QED) is 0.286. The van der Waals surface area contributed by atoms with E-state index < -0.39 is 17.6 Å². The Hall–Kier alpha value is -2.35. The largest absolute Gasteiger partial charge is 0.497 e. The summed E-state index contributed by atoms with van der Waals surface area (Å²) < 4.78 is 20.9. The highest BCUT2D eigenvalue weighted by Gasteiger charge is 2.41. The van der Waals surface area contributed by atoms with E-state index in [0.29, 0.717) is 48.1 Å². The van der Waals surface area contributed by atoms with Crippen molar-refractivity contribution >= 4 is 40.2 Å². The molecule has 4 rings (SSSR count). The van der Waals surface area contributed by atoms with Crippen molar-refractivity contribution in [2.45, 2.75) is 43.7 Å². The number of pyridine rings is 1. The summed E-state index contributed by atoms with van der Waals surface area (Å²) in [6.07, 6.45) is 1.45. The third kappa shape index (κ3) is 6.13. The van der Waals surface area contributed by atoms with Crippen molar-refractivity contribution in [3.05, 3.63) is 64.8 Å². The highest BCUT2D eigenvalue weighted by molar-refractivity contribution is 7.99. The van der Waals surface area contributed by atoms with Crippen LogP contribution in [0, 0.1) is 12.3 Å². The number of aromatic nitrogens is 1. The fourth-order valence-corrected chi connectivity index (χ4v) is 6.05. The summed E-state index contributed by atoms with van der Waals surface area (Å²) in [6.45, 7) is 4.38. The molecule has 3 aromatic rings. The van der Waals surface area contributed by atoms with Gasteiger partial charge in [-0.2, -0.15) is 0 Å². The molecule has 192 valence electrons. The molecule has 0 amide bonds. The lowest BCUT2D eigenvalue weighted by Crippen LogP contribution is -2.45. The number of carbonyl (C=O) groups is 1. The monoisotopic (exact) mass is 530 g/mol. The zero-order valence-electron chi connectivity index (χ0n) is 20.7. The van der Waals surface area contributed by atoms with Gasteiger partial charge in [-0.05, 0) is 76.0 Å². The molecule has 0 bridgehead atoms. The number of piperidine rings is 1. The fourth-order valence-electron chi connectivity index (χ4n) is 4.86. The van der Waals surface area contributed by atoms with Gasteiger partial charge in [0.15, 0.2) is 0 Å². The van der Waals surface area contributed by atoms with Crippen LogP contribution < -0.4 is 4.74 Å². The SMILES string of the molecule is COc1ccc2ncc(Cl)c([C@H](F)CCC3(C(=O)O)CCN(CCSc4ccc(C)cc4)CC3)c2c1. The maximum atomic E-state index is 15.6. The van der Waals surface area contributed by atoms with E-state index in [0.717, 1.165) is 12.3 Å². The van der Waals surface area contributed by atoms with Gasteiger partial charge in [0.2, 0.25) is 0 Å². The number of hydrogen-bond acceptors (Lipinski definition) is 5. The summed E-state index contributed by atoms with van der Waals surface area (Å²) in [7, 11) is 1.55. The van der Waals surface area contributed by atoms with Crippen molar-refractivity contribution in [1.82, 2.24) is 9.88 Å². The van der Waals surface area contributed by atoms with Gasteiger partial charge in [0, 0.05) is 34.3 Å². The van der Waals surface area contributed by atoms with Crippen molar-refractivity contribution in [1.29, 1.82) is 0 Å². The molecule has 1 aliphatic rings. The third-order valence-electron chi connectivity index (χ3n) is 7.22. The van der Waals surface area contributed by atoms with Crippen LogP contribution in [-0.2, 0) is 4.79 Å². The van der Waals surface area contributed by atoms with Gasteiger partial charge in [-0.3, -0.25) is 9.78 Å². The maximum absolute atomic E-state index is 15.6. The van der Waals surface area contributed by atoms with Gasteiger partial charge in [0.05, 0.1) is 23.1 Å². The number of nitrogens with zero attached hydrogens (tertiary/aromatic N) is 2. The van der Waals surface area contributed by atoms with Crippen molar-refractivity contribution in [3.63, 3.8) is 0 Å². The summed E-state index contributed by atoms with van der Waals surface area (Å²) in [6, 6.07) is 13.8. The first-order valence-corrected chi connectivity index (χ1v) is 13.6. The summed E-state index contributed by atoms with van der Waals surface area (Å²) in [5.41, 5.74) is 1.31. The van der Waals surface area contributed by atoms with Gasteiger partial charge in [-0.1, -0.05) is 29.3 Å². The number of alkyl halides is 1. The standard InChI is InChI=1S/C28H32ClFN2O3S/c1-19-3-6-21(7-4-19)36-16-15-32-13-11-28(12-14-32,27(33)34)10-9-24(30)26-22-17-20(35-2)5-8-25(22)31-18-23(26)29/h3-8,17-18,24H,9-16H2,1-2H3,(H,33,34)/t24-/m1/s1. The predicted octanol–water partition coefficient (Wildman–Crippen LogP) is 6.96. The minimum Gasteiger partial charge on any atom is -0.497 e. The van der Waals surface area contributed by atoms with Gasteiger partial charge in [0.25, 0.3) is 0 Å². The lowest BCUT2D eigenvalue weighted by Gasteiger charge is -2.39. The molecular weight excluding hydrogens is 499 g/mol. The highest BCUT2D eigenvalue weighted by atomic mass is 35.5. The Morgan fingerprint density at radius 3 is 2.64 bits per heavy atom. The molecule has 0 aliphatic carbocycles. The number of thioether (sulfide) groups is 1. The summed E-state index contributed by atoms with van der Waals surface area (Å²) in [4.78, 5) is 20.2. The first-order chi connectivity index (χ1) is 17.3. The first kappa shape index (κ1) is 26.7. The van der Waals surface area contributed by atoms with E-state index in [1.165, 1.54) is 16.7 Å². The predicted molar refractivity (Wildman–Crippen MR) is 144 cm³/mol. The number of fused-ring (bicyclic) bond motifs is 1. The number of likely N-dealkylation sites (tertiary alicyclic amines) is 1. The van der Waals surface area contributed by atoms with E-state index in [4.69, 9.17) is 16.3 Å². The molecule has 2 aromatic carbocycles. The number of methoxy groups -OCH3 is 1. The van der Waals surface area contributed by atoms with Crippen LogP contribution in [0.1, 0.15) is 43.0 Å². The smallest absolute Gasteiger partial charge is 0.309 e. The zero-order chi connectivity index (χ0) is 25.7. The van der Waals surface area contributed by atoms with E-state index in [1.807, 2.05) is 11.8 Å². The van der Waals surface area contributed by atoms with E-state index in [9.17, 15) is 9.90 Å². The molecule has 1 atom stereocenters. The van der Waals surface area contributed by atoms with Crippen LogP contribution >= 0.6 is 23.4 Å². The Morgan fingerprint density at radius 2 is 1.97 bits per heavy atom. The van der Waals surface area contributed by atoms with Gasteiger partial charge in [-0.25, -0.2) is 4.39 Å². The zero-order valence-corrected chi connectivity index (χ0v) is 22.2. The highest BCUT2D eigenvalue weighted by Crippen LogP contribution is 2.42. The number of aliphatic carboxylic acids is 1. The van der Waals surface area contributed by atoms with Crippen LogP contribution in [0.5, 0.6) is 5.75 Å². The van der Waals surface area contributed by atoms with Crippen LogP contribution in [0.25, 0.3) is 10.9 Å². The molecule has 1 aromatic heterocycles. The second-order valence-electron chi connectivity index (χ2n) is 9.50. The number of aryl methyl sites for hydroxylation is 1. The molecule has 0 radical (unpaired) electrons. The number of carboxylic acids is 1. The molecule has 5 nitrogen and oxygen atoms in total. The number of rotatable bonds is 10. The van der Waals surface area contributed by atoms with Gasteiger partial charge < -0.3 is 14.7 Å². The summed E-state index contributed by atoms with van der Waals surface area (Å²) in [5, 5.41) is 10.9. The first-order valence-electron chi connectivity index (χ1n) is 12.2. The van der Waals surface area contributed by atoms with E-state index in [1.54, 1.807) is 25.3 Å². The Kier molecular flexibility index (Phi) is 8.75. The van der Waals surface area contributed by atoms with E-state index in [2.05, 4.69) is 41.1 Å². The fraction of sp³-hybridized carbons (Fsp3) is 0.429. The number of hydrogen-bond donors (Lipinski definition) is 1. The Labute approximate surface area is 221 Å². The molecule has 0 saturated carbocycles. The Bertz CT molecular complexity index is 1200. The minimum atomic E-state index is -1.39. The summed E-state index contributed by atoms with van der Waals surface area (Å²) >= 11 is 8.18. The van der Waals surface area contributed by atoms with Crippen LogP contribution in [-0.4, -0.2) is 53.5 Å². The van der Waals surface area contributed by atoms with Crippen molar-refractivity contribution in [2.75, 3.05) is 32.5 Å². The number of carboxylic acid groups (broad SMARTS) is 1. The molecule has 1 fully saturated rings. The van der Waals surface area contributed by atoms with Crippen molar-refractivity contribution in [2.24, 2.45) is 5.41 Å². The average molecular weight is 531 g/mol. The lowest BCUT2D eigenvalue weighted by atomic mass is 9.74. The van der Waals surface area contributed by atoms with Gasteiger partial charge in [0.1, 0.15) is 11.9 Å². The molecule has 0 spiro atoms. The van der Waals surface area contributed by atoms with Crippen LogP contribution in [0.15, 0.2) is 53.6 Å². The molecular formula is C28H32ClFN2O3S.